The molecule has 4 aliphatic rings. The second-order valence-electron chi connectivity index (χ2n) is 13.5. The van der Waals surface area contributed by atoms with Crippen LogP contribution in [0.15, 0.2) is 28.7 Å². The number of nitrogens with zero attached hydrogens (tertiary/aromatic N) is 2. The van der Waals surface area contributed by atoms with Crippen LogP contribution in [0, 0.1) is 28.6 Å². The Morgan fingerprint density at radius 3 is 2.39 bits per heavy atom. The van der Waals surface area contributed by atoms with Crippen LogP contribution in [0.5, 0.6) is 0 Å². The standard InChI is InChI=1S/C33H49BrN2O2/c1-5-6-7-8-9-22-36(31(38)23-10-12-24(34)13-11-23)29-17-15-26-25-14-16-28-32(2,21-19-30(37)35(28)4)27(25)18-20-33(26,29)3/h10-13,25-29H,5-9,14-22H2,1-4H3/t25-,26-,27-,28+,29-,32+,33-/m0/s1. The fraction of sp³-hybridized carbons (Fsp3) is 0.758. The predicted octanol–water partition coefficient (Wildman–Crippen LogP) is 8.09. The first kappa shape index (κ1) is 28.2. The lowest BCUT2D eigenvalue weighted by Gasteiger charge is -2.62. The van der Waals surface area contributed by atoms with Crippen LogP contribution in [0.3, 0.4) is 0 Å². The molecule has 0 radical (unpaired) electrons. The number of piperidine rings is 1. The Balaban J connectivity index is 1.37. The summed E-state index contributed by atoms with van der Waals surface area (Å²) in [6.07, 6.45) is 15.1. The van der Waals surface area contributed by atoms with Gasteiger partial charge in [0, 0.05) is 42.1 Å². The van der Waals surface area contributed by atoms with Crippen molar-refractivity contribution >= 4 is 27.7 Å². The van der Waals surface area contributed by atoms with Crippen molar-refractivity contribution in [1.82, 2.24) is 9.80 Å². The molecule has 1 aliphatic heterocycles. The van der Waals surface area contributed by atoms with Gasteiger partial charge in [0.2, 0.25) is 5.91 Å². The first-order valence-electron chi connectivity index (χ1n) is 15.5. The third-order valence-corrected chi connectivity index (χ3v) is 12.3. The molecule has 3 aliphatic carbocycles. The van der Waals surface area contributed by atoms with Gasteiger partial charge in [-0.3, -0.25) is 9.59 Å². The summed E-state index contributed by atoms with van der Waals surface area (Å²) in [6.45, 7) is 8.18. The summed E-state index contributed by atoms with van der Waals surface area (Å²) >= 11 is 3.54. The first-order chi connectivity index (χ1) is 18.2. The second-order valence-corrected chi connectivity index (χ2v) is 14.5. The summed E-state index contributed by atoms with van der Waals surface area (Å²) in [5, 5.41) is 0. The summed E-state index contributed by atoms with van der Waals surface area (Å²) in [6, 6.07) is 8.72. The van der Waals surface area contributed by atoms with E-state index in [4.69, 9.17) is 0 Å². The van der Waals surface area contributed by atoms with Gasteiger partial charge >= 0.3 is 0 Å². The van der Waals surface area contributed by atoms with E-state index in [-0.39, 0.29) is 16.7 Å². The van der Waals surface area contributed by atoms with Crippen LogP contribution in [-0.4, -0.2) is 47.3 Å². The summed E-state index contributed by atoms with van der Waals surface area (Å²) in [7, 11) is 2.05. The molecular formula is C33H49BrN2O2. The molecule has 0 aromatic heterocycles. The molecule has 0 bridgehead atoms. The average Bonchev–Trinajstić information content (AvgIpc) is 3.26. The zero-order valence-corrected chi connectivity index (χ0v) is 25.8. The Kier molecular flexibility index (Phi) is 8.35. The number of benzene rings is 1. The van der Waals surface area contributed by atoms with Crippen LogP contribution in [-0.2, 0) is 4.79 Å². The van der Waals surface area contributed by atoms with Crippen molar-refractivity contribution in [2.75, 3.05) is 13.6 Å². The third kappa shape index (κ3) is 4.88. The van der Waals surface area contributed by atoms with Crippen molar-refractivity contribution in [3.63, 3.8) is 0 Å². The number of hydrogen-bond acceptors (Lipinski definition) is 2. The SMILES string of the molecule is CCCCCCCN(C(=O)c1ccc(Br)cc1)[C@H]1CC[C@H]2[C@@H]3CC[C@H]4N(C)C(=O)CC[C@]4(C)[C@H]3CC[C@]12C. The van der Waals surface area contributed by atoms with Crippen molar-refractivity contribution in [3.05, 3.63) is 34.3 Å². The van der Waals surface area contributed by atoms with Crippen LogP contribution in [0.2, 0.25) is 0 Å². The molecule has 210 valence electrons. The molecule has 5 rings (SSSR count). The van der Waals surface area contributed by atoms with Gasteiger partial charge in [0.15, 0.2) is 0 Å². The van der Waals surface area contributed by atoms with Crippen molar-refractivity contribution < 1.29 is 9.59 Å². The van der Waals surface area contributed by atoms with E-state index in [1.54, 1.807) is 0 Å². The monoisotopic (exact) mass is 584 g/mol. The van der Waals surface area contributed by atoms with Crippen molar-refractivity contribution in [1.29, 1.82) is 0 Å². The number of hydrogen-bond donors (Lipinski definition) is 0. The Hall–Kier alpha value is -1.36. The maximum atomic E-state index is 14.0. The van der Waals surface area contributed by atoms with Crippen LogP contribution in [0.1, 0.15) is 115 Å². The summed E-state index contributed by atoms with van der Waals surface area (Å²) in [4.78, 5) is 31.0. The fourth-order valence-electron chi connectivity index (χ4n) is 9.68. The van der Waals surface area contributed by atoms with Crippen molar-refractivity contribution in [3.8, 4) is 0 Å². The van der Waals surface area contributed by atoms with Crippen molar-refractivity contribution in [2.24, 2.45) is 28.6 Å². The van der Waals surface area contributed by atoms with Gasteiger partial charge in [0.1, 0.15) is 0 Å². The van der Waals surface area contributed by atoms with E-state index in [9.17, 15) is 9.59 Å². The lowest BCUT2D eigenvalue weighted by Crippen LogP contribution is -2.62. The lowest BCUT2D eigenvalue weighted by atomic mass is 9.47. The number of amides is 2. The van der Waals surface area contributed by atoms with Crippen molar-refractivity contribution in [2.45, 2.75) is 116 Å². The number of fused-ring (bicyclic) bond motifs is 5. The zero-order valence-electron chi connectivity index (χ0n) is 24.2. The molecule has 2 amide bonds. The first-order valence-corrected chi connectivity index (χ1v) is 16.3. The number of unbranched alkanes of at least 4 members (excludes halogenated alkanes) is 4. The zero-order chi connectivity index (χ0) is 27.1. The highest BCUT2D eigenvalue weighted by Gasteiger charge is 2.62. The second kappa shape index (κ2) is 11.3. The van der Waals surface area contributed by atoms with Crippen LogP contribution in [0.25, 0.3) is 0 Å². The molecule has 4 nitrogen and oxygen atoms in total. The highest BCUT2D eigenvalue weighted by molar-refractivity contribution is 9.10. The molecule has 7 atom stereocenters. The number of rotatable bonds is 8. The minimum atomic E-state index is 0.190. The van der Waals surface area contributed by atoms with Crippen LogP contribution in [0.4, 0.5) is 0 Å². The van der Waals surface area contributed by atoms with E-state index in [1.807, 2.05) is 24.3 Å². The molecule has 1 aromatic rings. The summed E-state index contributed by atoms with van der Waals surface area (Å²) < 4.78 is 1.02. The van der Waals surface area contributed by atoms with Gasteiger partial charge in [-0.15, -0.1) is 0 Å². The number of halogens is 1. The maximum Gasteiger partial charge on any atom is 0.254 e. The molecule has 0 N–H and O–H groups in total. The van der Waals surface area contributed by atoms with Gasteiger partial charge in [0.05, 0.1) is 0 Å². The minimum Gasteiger partial charge on any atom is -0.342 e. The number of carbonyl (C=O) groups excluding carboxylic acids is 2. The van der Waals surface area contributed by atoms with Gasteiger partial charge in [-0.25, -0.2) is 0 Å². The van der Waals surface area contributed by atoms with E-state index < -0.39 is 0 Å². The van der Waals surface area contributed by atoms with Crippen LogP contribution < -0.4 is 0 Å². The molecule has 38 heavy (non-hydrogen) atoms. The van der Waals surface area contributed by atoms with Gasteiger partial charge in [0.25, 0.3) is 5.91 Å². The van der Waals surface area contributed by atoms with E-state index >= 15 is 0 Å². The lowest BCUT2D eigenvalue weighted by molar-refractivity contribution is -0.158. The summed E-state index contributed by atoms with van der Waals surface area (Å²) in [5.74, 6) is 2.69. The minimum absolute atomic E-state index is 0.190. The molecular weight excluding hydrogens is 536 g/mol. The largest absolute Gasteiger partial charge is 0.342 e. The molecule has 1 saturated heterocycles. The molecule has 1 heterocycles. The Labute approximate surface area is 239 Å². The molecule has 0 unspecified atom stereocenters. The molecule has 1 aromatic carbocycles. The Morgan fingerprint density at radius 2 is 1.66 bits per heavy atom. The Morgan fingerprint density at radius 1 is 0.947 bits per heavy atom. The van der Waals surface area contributed by atoms with E-state index in [2.05, 4.69) is 53.5 Å². The molecule has 0 spiro atoms. The smallest absolute Gasteiger partial charge is 0.254 e. The van der Waals surface area contributed by atoms with Gasteiger partial charge < -0.3 is 9.80 Å². The molecule has 3 saturated carbocycles. The number of likely N-dealkylation sites (tertiary alicyclic amines) is 1. The normalized spacial score (nSPS) is 36.4. The van der Waals surface area contributed by atoms with E-state index in [1.165, 1.54) is 51.4 Å². The van der Waals surface area contributed by atoms with Gasteiger partial charge in [-0.2, -0.15) is 0 Å². The highest BCUT2D eigenvalue weighted by Crippen LogP contribution is 2.65. The molecule has 4 fully saturated rings. The highest BCUT2D eigenvalue weighted by atomic mass is 79.9. The third-order valence-electron chi connectivity index (χ3n) is 11.7. The van der Waals surface area contributed by atoms with E-state index in [0.717, 1.165) is 48.2 Å². The Bertz CT molecular complexity index is 1010. The molecule has 5 heteroatoms. The van der Waals surface area contributed by atoms with E-state index in [0.29, 0.717) is 36.2 Å². The predicted molar refractivity (Wildman–Crippen MR) is 158 cm³/mol. The van der Waals surface area contributed by atoms with Gasteiger partial charge in [-0.1, -0.05) is 62.4 Å². The number of carbonyl (C=O) groups is 2. The summed E-state index contributed by atoms with van der Waals surface area (Å²) in [5.41, 5.74) is 1.26. The quantitative estimate of drug-likeness (QED) is 0.289. The van der Waals surface area contributed by atoms with Crippen LogP contribution >= 0.6 is 15.9 Å². The topological polar surface area (TPSA) is 40.6 Å². The average molecular weight is 586 g/mol. The fourth-order valence-corrected chi connectivity index (χ4v) is 9.94. The van der Waals surface area contributed by atoms with Gasteiger partial charge in [-0.05, 0) is 104 Å². The maximum absolute atomic E-state index is 14.0.